The van der Waals surface area contributed by atoms with Gasteiger partial charge < -0.3 is 10.5 Å². The highest BCUT2D eigenvalue weighted by atomic mass is 35.5. The van der Waals surface area contributed by atoms with Gasteiger partial charge >= 0.3 is 0 Å². The summed E-state index contributed by atoms with van der Waals surface area (Å²) in [5.74, 6) is 0. The van der Waals surface area contributed by atoms with E-state index in [1.165, 1.54) is 5.56 Å². The fourth-order valence-electron chi connectivity index (χ4n) is 1.88. The number of halogens is 1. The van der Waals surface area contributed by atoms with Crippen LogP contribution in [-0.2, 0) is 11.3 Å². The predicted octanol–water partition coefficient (Wildman–Crippen LogP) is 2.14. The van der Waals surface area contributed by atoms with Crippen LogP contribution in [0.15, 0.2) is 18.2 Å². The standard InChI is InChI=1S/C12H17ClN2O/c13-11-8-10(2-3-12(11)14)9-15-4-1-6-16-7-5-15/h2-3,8H,1,4-7,9,14H2. The van der Waals surface area contributed by atoms with Crippen LogP contribution in [0.25, 0.3) is 0 Å². The molecule has 4 heteroatoms. The number of benzene rings is 1. The first-order valence-corrected chi connectivity index (χ1v) is 5.97. The van der Waals surface area contributed by atoms with Gasteiger partial charge in [-0.3, -0.25) is 4.90 Å². The molecule has 1 aliphatic heterocycles. The highest BCUT2D eigenvalue weighted by Gasteiger charge is 2.10. The van der Waals surface area contributed by atoms with Crippen molar-refractivity contribution in [3.8, 4) is 0 Å². The van der Waals surface area contributed by atoms with Crippen LogP contribution >= 0.6 is 11.6 Å². The number of anilines is 1. The molecule has 2 N–H and O–H groups in total. The van der Waals surface area contributed by atoms with Crippen LogP contribution < -0.4 is 5.73 Å². The molecule has 0 aromatic heterocycles. The first-order chi connectivity index (χ1) is 7.75. The van der Waals surface area contributed by atoms with E-state index in [1.807, 2.05) is 18.2 Å². The first-order valence-electron chi connectivity index (χ1n) is 5.60. The molecule has 1 aromatic carbocycles. The van der Waals surface area contributed by atoms with Crippen LogP contribution in [0.1, 0.15) is 12.0 Å². The Bertz CT molecular complexity index is 349. The van der Waals surface area contributed by atoms with Gasteiger partial charge in [-0.05, 0) is 24.1 Å². The average molecular weight is 241 g/mol. The number of nitrogens with two attached hydrogens (primary N) is 1. The fourth-order valence-corrected chi connectivity index (χ4v) is 2.09. The van der Waals surface area contributed by atoms with E-state index in [4.69, 9.17) is 22.1 Å². The molecule has 0 unspecified atom stereocenters. The zero-order chi connectivity index (χ0) is 11.4. The highest BCUT2D eigenvalue weighted by molar-refractivity contribution is 6.33. The molecule has 0 amide bonds. The quantitative estimate of drug-likeness (QED) is 0.805. The fraction of sp³-hybridized carbons (Fsp3) is 0.500. The smallest absolute Gasteiger partial charge is 0.0638 e. The average Bonchev–Trinajstić information content (AvgIpc) is 2.52. The third-order valence-corrected chi connectivity index (χ3v) is 3.11. The summed E-state index contributed by atoms with van der Waals surface area (Å²) in [6, 6.07) is 5.85. The Hall–Kier alpha value is -0.770. The molecule has 1 fully saturated rings. The zero-order valence-corrected chi connectivity index (χ0v) is 10.0. The third kappa shape index (κ3) is 3.11. The van der Waals surface area contributed by atoms with E-state index >= 15 is 0 Å². The summed E-state index contributed by atoms with van der Waals surface area (Å²) >= 11 is 6.00. The molecular formula is C12H17ClN2O. The molecule has 16 heavy (non-hydrogen) atoms. The number of hydrogen-bond acceptors (Lipinski definition) is 3. The van der Waals surface area contributed by atoms with Crippen LogP contribution in [0, 0.1) is 0 Å². The Morgan fingerprint density at radius 3 is 3.00 bits per heavy atom. The minimum absolute atomic E-state index is 0.642. The van der Waals surface area contributed by atoms with Gasteiger partial charge in [0.15, 0.2) is 0 Å². The summed E-state index contributed by atoms with van der Waals surface area (Å²) in [6.07, 6.45) is 1.10. The SMILES string of the molecule is Nc1ccc(CN2CCCOCC2)cc1Cl. The Balaban J connectivity index is 1.99. The van der Waals surface area contributed by atoms with E-state index in [1.54, 1.807) is 0 Å². The number of nitrogen functional groups attached to an aromatic ring is 1. The molecular weight excluding hydrogens is 224 g/mol. The van der Waals surface area contributed by atoms with E-state index in [2.05, 4.69) is 4.90 Å². The molecule has 0 bridgehead atoms. The number of hydrogen-bond donors (Lipinski definition) is 1. The predicted molar refractivity (Wildman–Crippen MR) is 66.6 cm³/mol. The van der Waals surface area contributed by atoms with Crippen LogP contribution in [0.2, 0.25) is 5.02 Å². The summed E-state index contributed by atoms with van der Waals surface area (Å²) in [7, 11) is 0. The Morgan fingerprint density at radius 2 is 2.19 bits per heavy atom. The van der Waals surface area contributed by atoms with Crippen LogP contribution in [-0.4, -0.2) is 31.2 Å². The molecule has 0 atom stereocenters. The van der Waals surface area contributed by atoms with Crippen LogP contribution in [0.5, 0.6) is 0 Å². The van der Waals surface area contributed by atoms with Gasteiger partial charge in [-0.15, -0.1) is 0 Å². The molecule has 0 spiro atoms. The van der Waals surface area contributed by atoms with E-state index in [-0.39, 0.29) is 0 Å². The van der Waals surface area contributed by atoms with Crippen LogP contribution in [0.4, 0.5) is 5.69 Å². The molecule has 3 nitrogen and oxygen atoms in total. The van der Waals surface area contributed by atoms with Crippen molar-refractivity contribution >= 4 is 17.3 Å². The zero-order valence-electron chi connectivity index (χ0n) is 9.29. The van der Waals surface area contributed by atoms with Gasteiger partial charge in [0.25, 0.3) is 0 Å². The molecule has 0 radical (unpaired) electrons. The molecule has 1 heterocycles. The summed E-state index contributed by atoms with van der Waals surface area (Å²) in [5.41, 5.74) is 7.53. The maximum Gasteiger partial charge on any atom is 0.0638 e. The Morgan fingerprint density at radius 1 is 1.31 bits per heavy atom. The van der Waals surface area contributed by atoms with E-state index in [9.17, 15) is 0 Å². The van der Waals surface area contributed by atoms with E-state index in [0.717, 1.165) is 39.3 Å². The van der Waals surface area contributed by atoms with Crippen molar-refractivity contribution in [2.45, 2.75) is 13.0 Å². The molecule has 0 aliphatic carbocycles. The van der Waals surface area contributed by atoms with Crippen LogP contribution in [0.3, 0.4) is 0 Å². The van der Waals surface area contributed by atoms with Gasteiger partial charge in [-0.2, -0.15) is 0 Å². The van der Waals surface area contributed by atoms with Crippen molar-refractivity contribution in [3.63, 3.8) is 0 Å². The van der Waals surface area contributed by atoms with Crippen molar-refractivity contribution in [3.05, 3.63) is 28.8 Å². The normalized spacial score (nSPS) is 18.3. The van der Waals surface area contributed by atoms with Gasteiger partial charge in [0.1, 0.15) is 0 Å². The molecule has 1 aliphatic rings. The number of rotatable bonds is 2. The third-order valence-electron chi connectivity index (χ3n) is 2.79. The minimum Gasteiger partial charge on any atom is -0.398 e. The van der Waals surface area contributed by atoms with Crippen molar-refractivity contribution in [1.29, 1.82) is 0 Å². The molecule has 0 saturated carbocycles. The first kappa shape index (κ1) is 11.7. The molecule has 1 aromatic rings. The lowest BCUT2D eigenvalue weighted by molar-refractivity contribution is 0.140. The second-order valence-corrected chi connectivity index (χ2v) is 4.51. The second kappa shape index (κ2) is 5.53. The lowest BCUT2D eigenvalue weighted by atomic mass is 10.2. The second-order valence-electron chi connectivity index (χ2n) is 4.10. The van der Waals surface area contributed by atoms with Crippen molar-refractivity contribution < 1.29 is 4.74 Å². The van der Waals surface area contributed by atoms with Gasteiger partial charge in [0.2, 0.25) is 0 Å². The summed E-state index contributed by atoms with van der Waals surface area (Å²) < 4.78 is 5.42. The maximum atomic E-state index is 6.00. The molecule has 88 valence electrons. The Kier molecular flexibility index (Phi) is 4.04. The summed E-state index contributed by atoms with van der Waals surface area (Å²) in [5, 5.41) is 0.642. The minimum atomic E-state index is 0.642. The van der Waals surface area contributed by atoms with E-state index in [0.29, 0.717) is 10.7 Å². The maximum absolute atomic E-state index is 6.00. The van der Waals surface area contributed by atoms with Gasteiger partial charge in [-0.25, -0.2) is 0 Å². The van der Waals surface area contributed by atoms with E-state index < -0.39 is 0 Å². The monoisotopic (exact) mass is 240 g/mol. The lowest BCUT2D eigenvalue weighted by Crippen LogP contribution is -2.25. The highest BCUT2D eigenvalue weighted by Crippen LogP contribution is 2.20. The summed E-state index contributed by atoms with van der Waals surface area (Å²) in [4.78, 5) is 2.38. The van der Waals surface area contributed by atoms with Gasteiger partial charge in [-0.1, -0.05) is 17.7 Å². The Labute approximate surface area is 101 Å². The summed E-state index contributed by atoms with van der Waals surface area (Å²) in [6.45, 7) is 4.69. The number of nitrogens with zero attached hydrogens (tertiary/aromatic N) is 1. The van der Waals surface area contributed by atoms with Gasteiger partial charge in [0.05, 0.1) is 17.3 Å². The van der Waals surface area contributed by atoms with Crippen molar-refractivity contribution in [2.24, 2.45) is 0 Å². The lowest BCUT2D eigenvalue weighted by Gasteiger charge is -2.19. The topological polar surface area (TPSA) is 38.5 Å². The molecule has 2 rings (SSSR count). The van der Waals surface area contributed by atoms with Crippen molar-refractivity contribution in [1.82, 2.24) is 4.90 Å². The number of ether oxygens (including phenoxy) is 1. The molecule has 1 saturated heterocycles. The van der Waals surface area contributed by atoms with Crippen molar-refractivity contribution in [2.75, 3.05) is 32.0 Å². The van der Waals surface area contributed by atoms with Gasteiger partial charge in [0, 0.05) is 26.2 Å². The largest absolute Gasteiger partial charge is 0.398 e.